The normalized spacial score (nSPS) is 22.0. The van der Waals surface area contributed by atoms with Gasteiger partial charge in [0.25, 0.3) is 10.0 Å². The van der Waals surface area contributed by atoms with Crippen molar-refractivity contribution >= 4 is 27.0 Å². The van der Waals surface area contributed by atoms with Crippen LogP contribution in [0.1, 0.15) is 19.4 Å². The maximum absolute atomic E-state index is 13.1. The Kier molecular flexibility index (Phi) is 6.71. The fraction of sp³-hybridized carbons (Fsp3) is 0.545. The highest BCUT2D eigenvalue weighted by molar-refractivity contribution is 7.91. The van der Waals surface area contributed by atoms with Gasteiger partial charge in [-0.25, -0.2) is 8.42 Å². The topological polar surface area (TPSA) is 73.3 Å². The Bertz CT molecular complexity index is 950. The van der Waals surface area contributed by atoms with Crippen LogP contribution in [0.5, 0.6) is 0 Å². The number of hydrogen-bond donors (Lipinski definition) is 1. The highest BCUT2D eigenvalue weighted by Crippen LogP contribution is 2.29. The molecule has 1 N–H and O–H groups in total. The molecule has 0 unspecified atom stereocenters. The molecule has 0 amide bonds. The van der Waals surface area contributed by atoms with E-state index in [1.807, 2.05) is 24.3 Å². The number of piperazine rings is 1. The summed E-state index contributed by atoms with van der Waals surface area (Å²) in [6.45, 7) is 9.01. The van der Waals surface area contributed by atoms with E-state index in [1.54, 1.807) is 35.7 Å². The Labute approximate surface area is 188 Å². The van der Waals surface area contributed by atoms with Crippen molar-refractivity contribution in [1.82, 2.24) is 9.21 Å². The van der Waals surface area contributed by atoms with Gasteiger partial charge in [-0.2, -0.15) is 4.31 Å². The molecule has 2 aliphatic rings. The van der Waals surface area contributed by atoms with E-state index in [9.17, 15) is 13.5 Å². The summed E-state index contributed by atoms with van der Waals surface area (Å²) in [5, 5.41) is 12.1. The van der Waals surface area contributed by atoms with Gasteiger partial charge >= 0.3 is 0 Å². The van der Waals surface area contributed by atoms with Gasteiger partial charge in [-0.15, -0.1) is 11.3 Å². The zero-order valence-corrected chi connectivity index (χ0v) is 19.7. The summed E-state index contributed by atoms with van der Waals surface area (Å²) in [6.07, 6.45) is 0. The van der Waals surface area contributed by atoms with Gasteiger partial charge in [-0.05, 0) is 43.0 Å². The van der Waals surface area contributed by atoms with Crippen molar-refractivity contribution in [2.45, 2.75) is 29.7 Å². The summed E-state index contributed by atoms with van der Waals surface area (Å²) in [5.74, 6) is 0. The molecule has 1 atom stereocenters. The summed E-state index contributed by atoms with van der Waals surface area (Å²) in [6, 6.07) is 11.5. The van der Waals surface area contributed by atoms with Crippen molar-refractivity contribution in [3.8, 4) is 0 Å². The number of ether oxygens (including phenoxy) is 1. The Morgan fingerprint density at radius 3 is 2.42 bits per heavy atom. The van der Waals surface area contributed by atoms with E-state index >= 15 is 0 Å². The molecule has 170 valence electrons. The standard InChI is InChI=1S/C22H31N3O4S2/c1-22(2,26)18-5-7-19(8-6-18)25-10-9-24(31(27,28)21-4-3-15-30-21)17-20(25)16-23-11-13-29-14-12-23/h3-8,15,20,26H,9-14,16-17H2,1-2H3/t20-/m0/s1. The highest BCUT2D eigenvalue weighted by atomic mass is 32.2. The third kappa shape index (κ3) is 5.13. The van der Waals surface area contributed by atoms with Crippen LogP contribution in [0.25, 0.3) is 0 Å². The van der Waals surface area contributed by atoms with Crippen LogP contribution in [0.15, 0.2) is 46.0 Å². The van der Waals surface area contributed by atoms with Crippen molar-refractivity contribution in [3.05, 3.63) is 47.3 Å². The van der Waals surface area contributed by atoms with Gasteiger partial charge in [0.05, 0.1) is 24.9 Å². The van der Waals surface area contributed by atoms with Crippen LogP contribution in [0.4, 0.5) is 5.69 Å². The number of aliphatic hydroxyl groups is 1. The minimum absolute atomic E-state index is 0.0366. The van der Waals surface area contributed by atoms with E-state index in [1.165, 1.54) is 11.3 Å². The molecule has 1 aromatic carbocycles. The molecule has 9 heteroatoms. The molecule has 1 aromatic heterocycles. The number of nitrogens with zero attached hydrogens (tertiary/aromatic N) is 3. The zero-order valence-electron chi connectivity index (χ0n) is 18.1. The Morgan fingerprint density at radius 2 is 1.81 bits per heavy atom. The van der Waals surface area contributed by atoms with Crippen LogP contribution in [-0.4, -0.2) is 81.3 Å². The SMILES string of the molecule is CC(C)(O)c1ccc(N2CCN(S(=O)(=O)c3cccs3)C[C@@H]2CN2CCOCC2)cc1. The lowest BCUT2D eigenvalue weighted by Crippen LogP contribution is -2.59. The summed E-state index contributed by atoms with van der Waals surface area (Å²) >= 11 is 1.27. The third-order valence-corrected chi connectivity index (χ3v) is 9.25. The minimum Gasteiger partial charge on any atom is -0.386 e. The summed E-state index contributed by atoms with van der Waals surface area (Å²) in [4.78, 5) is 4.66. The molecule has 0 aliphatic carbocycles. The van der Waals surface area contributed by atoms with E-state index in [-0.39, 0.29) is 6.04 Å². The van der Waals surface area contributed by atoms with Crippen molar-refractivity contribution in [2.75, 3.05) is 57.4 Å². The molecular formula is C22H31N3O4S2. The Hall–Kier alpha value is -1.49. The van der Waals surface area contributed by atoms with Crippen molar-refractivity contribution in [2.24, 2.45) is 0 Å². The van der Waals surface area contributed by atoms with Gasteiger partial charge in [0.1, 0.15) is 4.21 Å². The van der Waals surface area contributed by atoms with Crippen LogP contribution in [0.2, 0.25) is 0 Å². The molecule has 0 spiro atoms. The number of morpholine rings is 1. The molecule has 31 heavy (non-hydrogen) atoms. The monoisotopic (exact) mass is 465 g/mol. The lowest BCUT2D eigenvalue weighted by molar-refractivity contribution is 0.0332. The maximum atomic E-state index is 13.1. The molecule has 2 fully saturated rings. The highest BCUT2D eigenvalue weighted by Gasteiger charge is 2.36. The fourth-order valence-corrected chi connectivity index (χ4v) is 6.83. The third-order valence-electron chi connectivity index (χ3n) is 6.01. The van der Waals surface area contributed by atoms with Crippen molar-refractivity contribution in [3.63, 3.8) is 0 Å². The average molecular weight is 466 g/mol. The molecule has 0 saturated carbocycles. The number of thiophene rings is 1. The minimum atomic E-state index is -3.48. The first-order valence-corrected chi connectivity index (χ1v) is 13.0. The first-order valence-electron chi connectivity index (χ1n) is 10.7. The lowest BCUT2D eigenvalue weighted by atomic mass is 9.98. The average Bonchev–Trinajstić information content (AvgIpc) is 3.30. The van der Waals surface area contributed by atoms with E-state index in [0.717, 1.165) is 30.9 Å². The predicted octanol–water partition coefficient (Wildman–Crippen LogP) is 2.19. The number of hydrogen-bond acceptors (Lipinski definition) is 7. The van der Waals surface area contributed by atoms with Crippen LogP contribution in [0.3, 0.4) is 0 Å². The molecule has 0 bridgehead atoms. The molecule has 2 aliphatic heterocycles. The molecule has 2 saturated heterocycles. The quantitative estimate of drug-likeness (QED) is 0.705. The molecule has 0 radical (unpaired) electrons. The first kappa shape index (κ1) is 22.7. The summed E-state index contributed by atoms with van der Waals surface area (Å²) in [5.41, 5.74) is 1.03. The number of benzene rings is 1. The predicted molar refractivity (Wildman–Crippen MR) is 123 cm³/mol. The second kappa shape index (κ2) is 9.17. The van der Waals surface area contributed by atoms with E-state index in [0.29, 0.717) is 37.1 Å². The maximum Gasteiger partial charge on any atom is 0.252 e. The second-order valence-electron chi connectivity index (χ2n) is 8.66. The largest absolute Gasteiger partial charge is 0.386 e. The number of sulfonamides is 1. The Morgan fingerprint density at radius 1 is 1.10 bits per heavy atom. The lowest BCUT2D eigenvalue weighted by Gasteiger charge is -2.44. The Balaban J connectivity index is 1.57. The van der Waals surface area contributed by atoms with E-state index < -0.39 is 15.6 Å². The van der Waals surface area contributed by atoms with Crippen LogP contribution >= 0.6 is 11.3 Å². The summed E-state index contributed by atoms with van der Waals surface area (Å²) in [7, 11) is -3.48. The summed E-state index contributed by atoms with van der Waals surface area (Å²) < 4.78 is 33.8. The van der Waals surface area contributed by atoms with E-state index in [2.05, 4.69) is 9.80 Å². The van der Waals surface area contributed by atoms with Crippen molar-refractivity contribution in [1.29, 1.82) is 0 Å². The number of anilines is 1. The fourth-order valence-electron chi connectivity index (χ4n) is 4.22. The van der Waals surface area contributed by atoms with Gasteiger partial charge < -0.3 is 14.7 Å². The van der Waals surface area contributed by atoms with Crippen molar-refractivity contribution < 1.29 is 18.3 Å². The van der Waals surface area contributed by atoms with Gasteiger partial charge in [-0.3, -0.25) is 4.90 Å². The van der Waals surface area contributed by atoms with Crippen LogP contribution in [0, 0.1) is 0 Å². The van der Waals surface area contributed by atoms with Gasteiger partial charge in [0, 0.05) is 45.0 Å². The zero-order chi connectivity index (χ0) is 22.1. The second-order valence-corrected chi connectivity index (χ2v) is 11.8. The van der Waals surface area contributed by atoms with Gasteiger partial charge in [0.15, 0.2) is 0 Å². The van der Waals surface area contributed by atoms with Crippen LogP contribution < -0.4 is 4.90 Å². The van der Waals surface area contributed by atoms with Gasteiger partial charge in [0.2, 0.25) is 0 Å². The molecule has 7 nitrogen and oxygen atoms in total. The molecule has 2 aromatic rings. The van der Waals surface area contributed by atoms with E-state index in [4.69, 9.17) is 4.74 Å². The first-order chi connectivity index (χ1) is 14.7. The van der Waals surface area contributed by atoms with Crippen LogP contribution in [-0.2, 0) is 20.4 Å². The smallest absolute Gasteiger partial charge is 0.252 e. The molecule has 4 rings (SSSR count). The van der Waals surface area contributed by atoms with Gasteiger partial charge in [-0.1, -0.05) is 18.2 Å². The molecular weight excluding hydrogens is 434 g/mol. The molecule has 3 heterocycles. The number of rotatable bonds is 6.